The number of carbonyl (C=O) groups is 1. The molecule has 118 valence electrons. The third kappa shape index (κ3) is 5.41. The molecule has 1 aromatic rings. The van der Waals surface area contributed by atoms with Crippen molar-refractivity contribution in [2.45, 2.75) is 27.2 Å². The van der Waals surface area contributed by atoms with Gasteiger partial charge in [0.05, 0.1) is 7.11 Å². The maximum Gasteiger partial charge on any atom is 0.325 e. The van der Waals surface area contributed by atoms with Gasteiger partial charge in [0.1, 0.15) is 6.54 Å². The van der Waals surface area contributed by atoms with Gasteiger partial charge in [-0.2, -0.15) is 15.0 Å². The molecule has 0 unspecified atom stereocenters. The van der Waals surface area contributed by atoms with E-state index in [0.717, 1.165) is 26.1 Å². The van der Waals surface area contributed by atoms with E-state index in [1.807, 2.05) is 18.7 Å². The van der Waals surface area contributed by atoms with Crippen molar-refractivity contribution in [3.63, 3.8) is 0 Å². The fraction of sp³-hybridized carbons (Fsp3) is 0.692. The van der Waals surface area contributed by atoms with E-state index in [1.165, 1.54) is 7.11 Å². The molecule has 0 fully saturated rings. The van der Waals surface area contributed by atoms with Crippen molar-refractivity contribution >= 4 is 23.8 Å². The first-order valence-corrected chi connectivity index (χ1v) is 7.20. The Labute approximate surface area is 125 Å². The molecule has 0 saturated carbocycles. The largest absolute Gasteiger partial charge is 0.468 e. The standard InChI is InChI=1S/C13H24N6O2/c1-5-8-14-11-16-12(15-9-10(20)21-4)18-13(17-11)19(6-2)7-3/h5-9H2,1-4H3,(H2,14,15,16,17,18). The van der Waals surface area contributed by atoms with E-state index in [-0.39, 0.29) is 12.5 Å². The Morgan fingerprint density at radius 1 is 1.10 bits per heavy atom. The number of hydrogen-bond acceptors (Lipinski definition) is 8. The molecule has 0 aliphatic carbocycles. The normalized spacial score (nSPS) is 10.1. The summed E-state index contributed by atoms with van der Waals surface area (Å²) < 4.78 is 4.59. The van der Waals surface area contributed by atoms with E-state index in [1.54, 1.807) is 0 Å². The van der Waals surface area contributed by atoms with Crippen LogP contribution in [-0.2, 0) is 9.53 Å². The monoisotopic (exact) mass is 296 g/mol. The SMILES string of the molecule is CCCNc1nc(NCC(=O)OC)nc(N(CC)CC)n1. The van der Waals surface area contributed by atoms with Crippen LogP contribution in [0.4, 0.5) is 17.8 Å². The van der Waals surface area contributed by atoms with Crippen molar-refractivity contribution in [3.05, 3.63) is 0 Å². The van der Waals surface area contributed by atoms with Crippen LogP contribution in [-0.4, -0.2) is 54.2 Å². The lowest BCUT2D eigenvalue weighted by molar-refractivity contribution is -0.138. The minimum atomic E-state index is -0.372. The summed E-state index contributed by atoms with van der Waals surface area (Å²) in [7, 11) is 1.34. The maximum absolute atomic E-state index is 11.2. The number of esters is 1. The lowest BCUT2D eigenvalue weighted by atomic mass is 10.5. The number of anilines is 3. The molecule has 21 heavy (non-hydrogen) atoms. The summed E-state index contributed by atoms with van der Waals surface area (Å²) in [6, 6.07) is 0. The number of nitrogens with zero attached hydrogens (tertiary/aromatic N) is 4. The fourth-order valence-corrected chi connectivity index (χ4v) is 1.63. The zero-order valence-electron chi connectivity index (χ0n) is 13.1. The molecule has 0 aliphatic rings. The van der Waals surface area contributed by atoms with E-state index in [9.17, 15) is 4.79 Å². The molecular weight excluding hydrogens is 272 g/mol. The van der Waals surface area contributed by atoms with Crippen LogP contribution in [0.15, 0.2) is 0 Å². The highest BCUT2D eigenvalue weighted by molar-refractivity contribution is 5.74. The van der Waals surface area contributed by atoms with E-state index >= 15 is 0 Å². The van der Waals surface area contributed by atoms with Crippen LogP contribution in [0.25, 0.3) is 0 Å². The number of rotatable bonds is 9. The van der Waals surface area contributed by atoms with Crippen molar-refractivity contribution in [1.29, 1.82) is 0 Å². The topological polar surface area (TPSA) is 92.3 Å². The zero-order chi connectivity index (χ0) is 15.7. The predicted molar refractivity (Wildman–Crippen MR) is 82.7 cm³/mol. The first-order chi connectivity index (χ1) is 10.1. The summed E-state index contributed by atoms with van der Waals surface area (Å²) in [5, 5.41) is 5.99. The van der Waals surface area contributed by atoms with Crippen molar-refractivity contribution < 1.29 is 9.53 Å². The minimum absolute atomic E-state index is 0.0193. The van der Waals surface area contributed by atoms with Crippen molar-refractivity contribution in [2.75, 3.05) is 48.8 Å². The van der Waals surface area contributed by atoms with Crippen molar-refractivity contribution in [3.8, 4) is 0 Å². The van der Waals surface area contributed by atoms with Crippen LogP contribution in [0.3, 0.4) is 0 Å². The molecule has 0 aliphatic heterocycles. The quantitative estimate of drug-likeness (QED) is 0.655. The second kappa shape index (κ2) is 8.93. The number of aromatic nitrogens is 3. The second-order valence-corrected chi connectivity index (χ2v) is 4.31. The van der Waals surface area contributed by atoms with Gasteiger partial charge in [0.25, 0.3) is 0 Å². The summed E-state index contributed by atoms with van der Waals surface area (Å²) in [5.41, 5.74) is 0. The van der Waals surface area contributed by atoms with Crippen LogP contribution < -0.4 is 15.5 Å². The summed E-state index contributed by atoms with van der Waals surface area (Å²) >= 11 is 0. The molecule has 0 amide bonds. The maximum atomic E-state index is 11.2. The summed E-state index contributed by atoms with van der Waals surface area (Å²) in [4.78, 5) is 26.2. The van der Waals surface area contributed by atoms with Crippen LogP contribution in [0.1, 0.15) is 27.2 Å². The molecule has 1 heterocycles. The fourth-order valence-electron chi connectivity index (χ4n) is 1.63. The smallest absolute Gasteiger partial charge is 0.325 e. The Kier molecular flexibility index (Phi) is 7.20. The van der Waals surface area contributed by atoms with Gasteiger partial charge in [-0.15, -0.1) is 0 Å². The van der Waals surface area contributed by atoms with Gasteiger partial charge in [-0.1, -0.05) is 6.92 Å². The zero-order valence-corrected chi connectivity index (χ0v) is 13.1. The van der Waals surface area contributed by atoms with Gasteiger partial charge in [0.15, 0.2) is 0 Å². The molecule has 1 aromatic heterocycles. The molecule has 0 saturated heterocycles. The van der Waals surface area contributed by atoms with Crippen LogP contribution in [0, 0.1) is 0 Å². The van der Waals surface area contributed by atoms with Gasteiger partial charge in [-0.3, -0.25) is 4.79 Å². The van der Waals surface area contributed by atoms with Crippen LogP contribution in [0.2, 0.25) is 0 Å². The number of methoxy groups -OCH3 is 1. The van der Waals surface area contributed by atoms with Gasteiger partial charge in [-0.05, 0) is 20.3 Å². The Morgan fingerprint density at radius 2 is 1.71 bits per heavy atom. The van der Waals surface area contributed by atoms with Gasteiger partial charge in [0.2, 0.25) is 17.8 Å². The highest BCUT2D eigenvalue weighted by Gasteiger charge is 2.11. The van der Waals surface area contributed by atoms with E-state index < -0.39 is 0 Å². The molecule has 2 N–H and O–H groups in total. The Morgan fingerprint density at radius 3 is 2.24 bits per heavy atom. The van der Waals surface area contributed by atoms with E-state index in [0.29, 0.717) is 17.8 Å². The molecule has 0 atom stereocenters. The van der Waals surface area contributed by atoms with Gasteiger partial charge in [-0.25, -0.2) is 0 Å². The molecule has 0 aromatic carbocycles. The molecule has 0 spiro atoms. The predicted octanol–water partition coefficient (Wildman–Crippen LogP) is 1.12. The third-order valence-corrected chi connectivity index (χ3v) is 2.82. The highest BCUT2D eigenvalue weighted by Crippen LogP contribution is 2.13. The molecule has 8 heteroatoms. The summed E-state index contributed by atoms with van der Waals surface area (Å²) in [5.74, 6) is 1.07. The molecule has 8 nitrogen and oxygen atoms in total. The lowest BCUT2D eigenvalue weighted by Crippen LogP contribution is -2.26. The first-order valence-electron chi connectivity index (χ1n) is 7.20. The third-order valence-electron chi connectivity index (χ3n) is 2.82. The Bertz CT molecular complexity index is 450. The lowest BCUT2D eigenvalue weighted by Gasteiger charge is -2.19. The van der Waals surface area contributed by atoms with E-state index in [2.05, 4.69) is 37.2 Å². The highest BCUT2D eigenvalue weighted by atomic mass is 16.5. The molecular formula is C13H24N6O2. The summed E-state index contributed by atoms with van der Waals surface area (Å²) in [6.45, 7) is 8.52. The number of carbonyl (C=O) groups excluding carboxylic acids is 1. The average molecular weight is 296 g/mol. The van der Waals surface area contributed by atoms with Gasteiger partial charge >= 0.3 is 5.97 Å². The van der Waals surface area contributed by atoms with Gasteiger partial charge in [0, 0.05) is 19.6 Å². The minimum Gasteiger partial charge on any atom is -0.468 e. The number of hydrogen-bond donors (Lipinski definition) is 2. The number of nitrogens with one attached hydrogen (secondary N) is 2. The summed E-state index contributed by atoms with van der Waals surface area (Å²) in [6.07, 6.45) is 0.969. The Hall–Kier alpha value is -2.12. The molecule has 0 radical (unpaired) electrons. The van der Waals surface area contributed by atoms with Crippen molar-refractivity contribution in [1.82, 2.24) is 15.0 Å². The number of ether oxygens (including phenoxy) is 1. The first kappa shape index (κ1) is 16.9. The average Bonchev–Trinajstić information content (AvgIpc) is 2.51. The van der Waals surface area contributed by atoms with Crippen molar-refractivity contribution in [2.24, 2.45) is 0 Å². The van der Waals surface area contributed by atoms with Gasteiger partial charge < -0.3 is 20.3 Å². The Balaban J connectivity index is 2.93. The van der Waals surface area contributed by atoms with Crippen LogP contribution >= 0.6 is 0 Å². The molecule has 0 bridgehead atoms. The molecule has 1 rings (SSSR count). The van der Waals surface area contributed by atoms with E-state index in [4.69, 9.17) is 0 Å². The second-order valence-electron chi connectivity index (χ2n) is 4.31. The van der Waals surface area contributed by atoms with Crippen LogP contribution in [0.5, 0.6) is 0 Å².